The molecule has 0 bridgehead atoms. The molecule has 0 heterocycles. The van der Waals surface area contributed by atoms with Crippen LogP contribution in [0, 0.1) is 0 Å². The van der Waals surface area contributed by atoms with E-state index in [9.17, 15) is 9.90 Å². The Kier molecular flexibility index (Phi) is 6.03. The molecular formula is C20H26O3. The van der Waals surface area contributed by atoms with E-state index in [0.717, 1.165) is 35.6 Å². The third-order valence-electron chi connectivity index (χ3n) is 4.30. The third-order valence-corrected chi connectivity index (χ3v) is 4.30. The zero-order valence-electron chi connectivity index (χ0n) is 14.3. The Hall–Kier alpha value is -2.03. The zero-order valence-corrected chi connectivity index (χ0v) is 14.3. The van der Waals surface area contributed by atoms with Gasteiger partial charge in [0.15, 0.2) is 0 Å². The number of carboxylic acid groups (broad SMARTS) is 1. The smallest absolute Gasteiger partial charge is 0.339 e. The van der Waals surface area contributed by atoms with Crippen LogP contribution >= 0.6 is 0 Å². The molecule has 2 aromatic rings. The lowest BCUT2D eigenvalue weighted by atomic mass is 9.86. The first-order chi connectivity index (χ1) is 11.1. The summed E-state index contributed by atoms with van der Waals surface area (Å²) >= 11 is 0. The Balaban J connectivity index is 2.61. The van der Waals surface area contributed by atoms with Crippen LogP contribution in [-0.2, 0) is 0 Å². The molecule has 0 radical (unpaired) electrons. The monoisotopic (exact) mass is 314 g/mol. The number of carbonyl (C=O) groups is 1. The number of unbranched alkanes of at least 4 members (excludes halogenated alkanes) is 2. The molecular weight excluding hydrogens is 288 g/mol. The summed E-state index contributed by atoms with van der Waals surface area (Å²) in [5.41, 5.74) is 1.24. The molecule has 0 aromatic heterocycles. The highest BCUT2D eigenvalue weighted by molar-refractivity contribution is 6.01. The first-order valence-electron chi connectivity index (χ1n) is 8.51. The van der Waals surface area contributed by atoms with Crippen molar-refractivity contribution in [3.63, 3.8) is 0 Å². The van der Waals surface area contributed by atoms with E-state index in [0.29, 0.717) is 17.9 Å². The molecule has 0 aliphatic carbocycles. The van der Waals surface area contributed by atoms with Gasteiger partial charge in [-0.25, -0.2) is 4.79 Å². The number of ether oxygens (including phenoxy) is 1. The van der Waals surface area contributed by atoms with Gasteiger partial charge in [0.25, 0.3) is 0 Å². The Morgan fingerprint density at radius 3 is 2.61 bits per heavy atom. The summed E-state index contributed by atoms with van der Waals surface area (Å²) in [7, 11) is 0. The van der Waals surface area contributed by atoms with Gasteiger partial charge in [0.2, 0.25) is 0 Å². The molecule has 23 heavy (non-hydrogen) atoms. The van der Waals surface area contributed by atoms with Crippen LogP contribution in [-0.4, -0.2) is 17.7 Å². The van der Waals surface area contributed by atoms with Gasteiger partial charge in [0.05, 0.1) is 6.61 Å². The topological polar surface area (TPSA) is 46.5 Å². The summed E-state index contributed by atoms with van der Waals surface area (Å²) in [6, 6.07) is 9.83. The Morgan fingerprint density at radius 2 is 1.96 bits per heavy atom. The van der Waals surface area contributed by atoms with E-state index < -0.39 is 5.97 Å². The second kappa shape index (κ2) is 8.00. The molecule has 0 saturated heterocycles. The summed E-state index contributed by atoms with van der Waals surface area (Å²) in [6.45, 7) is 6.64. The van der Waals surface area contributed by atoms with Gasteiger partial charge >= 0.3 is 5.97 Å². The Morgan fingerprint density at radius 1 is 1.22 bits per heavy atom. The van der Waals surface area contributed by atoms with E-state index in [-0.39, 0.29) is 5.92 Å². The summed E-state index contributed by atoms with van der Waals surface area (Å²) in [5.74, 6) is -0.231. The molecule has 2 rings (SSSR count). The predicted molar refractivity (Wildman–Crippen MR) is 94.6 cm³/mol. The van der Waals surface area contributed by atoms with E-state index >= 15 is 0 Å². The highest BCUT2D eigenvalue weighted by atomic mass is 16.5. The second-order valence-electron chi connectivity index (χ2n) is 6.02. The second-order valence-corrected chi connectivity index (χ2v) is 6.02. The van der Waals surface area contributed by atoms with E-state index in [1.54, 1.807) is 0 Å². The van der Waals surface area contributed by atoms with Crippen molar-refractivity contribution in [2.45, 2.75) is 52.4 Å². The van der Waals surface area contributed by atoms with Crippen molar-refractivity contribution < 1.29 is 14.6 Å². The molecule has 0 amide bonds. The minimum Gasteiger partial charge on any atom is -0.493 e. The van der Waals surface area contributed by atoms with E-state index in [2.05, 4.69) is 13.8 Å². The van der Waals surface area contributed by atoms with E-state index in [1.807, 2.05) is 37.3 Å². The lowest BCUT2D eigenvalue weighted by molar-refractivity contribution is 0.0691. The largest absolute Gasteiger partial charge is 0.493 e. The molecule has 0 spiro atoms. The zero-order chi connectivity index (χ0) is 16.8. The van der Waals surface area contributed by atoms with Crippen molar-refractivity contribution in [1.29, 1.82) is 0 Å². The maximum Gasteiger partial charge on any atom is 0.339 e. The maximum absolute atomic E-state index is 11.9. The van der Waals surface area contributed by atoms with Crippen LogP contribution in [0.25, 0.3) is 10.8 Å². The van der Waals surface area contributed by atoms with Crippen LogP contribution in [0.2, 0.25) is 0 Å². The van der Waals surface area contributed by atoms with Gasteiger partial charge in [-0.1, -0.05) is 57.4 Å². The van der Waals surface area contributed by atoms with Crippen molar-refractivity contribution >= 4 is 16.7 Å². The third kappa shape index (κ3) is 3.84. The fourth-order valence-electron chi connectivity index (χ4n) is 3.20. The molecule has 0 saturated carbocycles. The van der Waals surface area contributed by atoms with Gasteiger partial charge in [0, 0.05) is 0 Å². The molecule has 3 nitrogen and oxygen atoms in total. The molecule has 3 heteroatoms. The highest BCUT2D eigenvalue weighted by Crippen LogP contribution is 2.37. The van der Waals surface area contributed by atoms with Gasteiger partial charge in [-0.05, 0) is 41.7 Å². The highest BCUT2D eigenvalue weighted by Gasteiger charge is 2.23. The summed E-state index contributed by atoms with van der Waals surface area (Å²) < 4.78 is 5.64. The van der Waals surface area contributed by atoms with E-state index in [1.165, 1.54) is 6.42 Å². The van der Waals surface area contributed by atoms with Crippen molar-refractivity contribution in [3.8, 4) is 5.75 Å². The number of aromatic carboxylic acids is 1. The number of hydrogen-bond donors (Lipinski definition) is 1. The molecule has 0 aliphatic rings. The van der Waals surface area contributed by atoms with Crippen molar-refractivity contribution in [1.82, 2.24) is 0 Å². The van der Waals surface area contributed by atoms with Crippen LogP contribution in [0.1, 0.15) is 68.3 Å². The summed E-state index contributed by atoms with van der Waals surface area (Å²) in [4.78, 5) is 11.9. The quantitative estimate of drug-likeness (QED) is 0.643. The predicted octanol–water partition coefficient (Wildman–Crippen LogP) is 5.62. The first-order valence-corrected chi connectivity index (χ1v) is 8.51. The van der Waals surface area contributed by atoms with Gasteiger partial charge in [0.1, 0.15) is 11.3 Å². The van der Waals surface area contributed by atoms with Crippen LogP contribution in [0.3, 0.4) is 0 Å². The molecule has 0 fully saturated rings. The number of hydrogen-bond acceptors (Lipinski definition) is 2. The van der Waals surface area contributed by atoms with Gasteiger partial charge in [-0.15, -0.1) is 0 Å². The number of carboxylic acids is 1. The average molecular weight is 314 g/mol. The van der Waals surface area contributed by atoms with Gasteiger partial charge in [-0.3, -0.25) is 0 Å². The van der Waals surface area contributed by atoms with Crippen LogP contribution in [0.5, 0.6) is 5.75 Å². The molecule has 1 N–H and O–H groups in total. The lowest BCUT2D eigenvalue weighted by Gasteiger charge is -2.20. The number of rotatable bonds is 8. The Bertz CT molecular complexity index is 676. The lowest BCUT2D eigenvalue weighted by Crippen LogP contribution is -2.10. The van der Waals surface area contributed by atoms with E-state index in [4.69, 9.17) is 4.74 Å². The van der Waals surface area contributed by atoms with Crippen LogP contribution in [0.4, 0.5) is 0 Å². The SMILES string of the molecule is CCCCCC(C)c1c(C(=O)O)c(OCC)cc2ccccc12. The molecule has 1 atom stereocenters. The summed E-state index contributed by atoms with van der Waals surface area (Å²) in [6.07, 6.45) is 4.45. The summed E-state index contributed by atoms with van der Waals surface area (Å²) in [5, 5.41) is 11.8. The van der Waals surface area contributed by atoms with Crippen LogP contribution < -0.4 is 4.74 Å². The molecule has 1 unspecified atom stereocenters. The fraction of sp³-hybridized carbons (Fsp3) is 0.450. The maximum atomic E-state index is 11.9. The van der Waals surface area contributed by atoms with Gasteiger partial charge in [-0.2, -0.15) is 0 Å². The minimum atomic E-state index is -0.906. The Labute approximate surface area is 138 Å². The van der Waals surface area contributed by atoms with Crippen LogP contribution in [0.15, 0.2) is 30.3 Å². The number of fused-ring (bicyclic) bond motifs is 1. The van der Waals surface area contributed by atoms with Crippen molar-refractivity contribution in [3.05, 3.63) is 41.5 Å². The van der Waals surface area contributed by atoms with Crippen molar-refractivity contribution in [2.24, 2.45) is 0 Å². The molecule has 2 aromatic carbocycles. The van der Waals surface area contributed by atoms with Crippen molar-refractivity contribution in [2.75, 3.05) is 6.61 Å². The standard InChI is InChI=1S/C20H26O3/c1-4-6-7-10-14(3)18-16-12-9-8-11-15(16)13-17(23-5-2)19(18)20(21)22/h8-9,11-14H,4-7,10H2,1-3H3,(H,21,22). The molecule has 124 valence electrons. The minimum absolute atomic E-state index is 0.193. The first kappa shape index (κ1) is 17.3. The normalized spacial score (nSPS) is 12.3. The van der Waals surface area contributed by atoms with Gasteiger partial charge < -0.3 is 9.84 Å². The fourth-order valence-corrected chi connectivity index (χ4v) is 3.20. The average Bonchev–Trinajstić information content (AvgIpc) is 2.53. The molecule has 0 aliphatic heterocycles. The number of benzene rings is 2.